The van der Waals surface area contributed by atoms with Crippen molar-refractivity contribution in [3.8, 4) is 11.5 Å². The van der Waals surface area contributed by atoms with Crippen LogP contribution in [0.15, 0.2) is 51.8 Å². The molecule has 3 aromatic rings. The first-order chi connectivity index (χ1) is 16.9. The van der Waals surface area contributed by atoms with Crippen LogP contribution in [0.1, 0.15) is 47.2 Å². The Morgan fingerprint density at radius 1 is 1.06 bits per heavy atom. The van der Waals surface area contributed by atoms with E-state index in [1.54, 1.807) is 0 Å². The molecule has 0 bridgehead atoms. The highest BCUT2D eigenvalue weighted by Gasteiger charge is 2.26. The van der Waals surface area contributed by atoms with Gasteiger partial charge in [0.15, 0.2) is 0 Å². The lowest BCUT2D eigenvalue weighted by Crippen LogP contribution is -2.34. The molecule has 1 fully saturated rings. The van der Waals surface area contributed by atoms with Crippen molar-refractivity contribution in [3.63, 3.8) is 0 Å². The average molecular weight is 497 g/mol. The second kappa shape index (κ2) is 9.88. The van der Waals surface area contributed by atoms with Crippen LogP contribution in [-0.2, 0) is 27.6 Å². The average Bonchev–Trinajstić information content (AvgIpc) is 3.56. The highest BCUT2D eigenvalue weighted by Crippen LogP contribution is 2.27. The Labute approximate surface area is 204 Å². The number of sulfonamides is 1. The molecule has 9 nitrogen and oxygen atoms in total. The van der Waals surface area contributed by atoms with Crippen LogP contribution in [-0.4, -0.2) is 55.1 Å². The maximum absolute atomic E-state index is 12.9. The first-order valence-electron chi connectivity index (χ1n) is 11.9. The third kappa shape index (κ3) is 5.14. The summed E-state index contributed by atoms with van der Waals surface area (Å²) in [6, 6.07) is 11.9. The Balaban J connectivity index is 1.24. The molecule has 10 heteroatoms. The minimum Gasteiger partial charge on any atom is -0.403 e. The van der Waals surface area contributed by atoms with Gasteiger partial charge in [-0.3, -0.25) is 10.1 Å². The number of hydrogen-bond acceptors (Lipinski definition) is 7. The Bertz CT molecular complexity index is 1310. The number of aromatic nitrogens is 2. The molecule has 5 rings (SSSR count). The number of nitrogens with one attached hydrogen (secondary N) is 1. The van der Waals surface area contributed by atoms with Gasteiger partial charge < -0.3 is 9.15 Å². The predicted octanol–water partition coefficient (Wildman–Crippen LogP) is 3.67. The second-order valence-corrected chi connectivity index (χ2v) is 11.0. The van der Waals surface area contributed by atoms with Crippen molar-refractivity contribution in [1.29, 1.82) is 0 Å². The largest absolute Gasteiger partial charge is 0.403 e. The van der Waals surface area contributed by atoms with Crippen LogP contribution < -0.4 is 5.32 Å². The van der Waals surface area contributed by atoms with Gasteiger partial charge in [-0.2, -0.15) is 4.31 Å². The molecule has 2 aliphatic rings. The Kier molecular flexibility index (Phi) is 6.68. The fourth-order valence-corrected chi connectivity index (χ4v) is 5.76. The van der Waals surface area contributed by atoms with Crippen molar-refractivity contribution in [2.45, 2.75) is 49.5 Å². The van der Waals surface area contributed by atoms with Crippen molar-refractivity contribution in [2.75, 3.05) is 25.5 Å². The molecule has 35 heavy (non-hydrogen) atoms. The molecule has 2 heterocycles. The lowest BCUT2D eigenvalue weighted by atomic mass is 9.90. The van der Waals surface area contributed by atoms with E-state index in [0.717, 1.165) is 31.2 Å². The Morgan fingerprint density at radius 3 is 2.57 bits per heavy atom. The molecule has 1 aromatic heterocycles. The normalized spacial score (nSPS) is 17.9. The number of anilines is 1. The van der Waals surface area contributed by atoms with Gasteiger partial charge in [0.25, 0.3) is 5.91 Å². The minimum absolute atomic E-state index is 0.0179. The molecule has 1 aliphatic heterocycles. The van der Waals surface area contributed by atoms with Gasteiger partial charge >= 0.3 is 6.01 Å². The van der Waals surface area contributed by atoms with Crippen LogP contribution in [0.2, 0.25) is 0 Å². The van der Waals surface area contributed by atoms with Crippen LogP contribution in [0.3, 0.4) is 0 Å². The zero-order valence-electron chi connectivity index (χ0n) is 19.6. The molecule has 0 saturated carbocycles. The monoisotopic (exact) mass is 496 g/mol. The van der Waals surface area contributed by atoms with Gasteiger partial charge in [0.05, 0.1) is 11.0 Å². The number of aryl methyl sites for hydroxylation is 2. The molecule has 0 spiro atoms. The van der Waals surface area contributed by atoms with Crippen LogP contribution >= 0.6 is 0 Å². The van der Waals surface area contributed by atoms with E-state index in [-0.39, 0.29) is 22.6 Å². The number of likely N-dealkylation sites (N-methyl/N-ethyl adjacent to an activating group) is 1. The van der Waals surface area contributed by atoms with Crippen LogP contribution in [0.4, 0.5) is 6.01 Å². The highest BCUT2D eigenvalue weighted by molar-refractivity contribution is 7.89. The number of hydrogen-bond donors (Lipinski definition) is 1. The zero-order chi connectivity index (χ0) is 24.4. The van der Waals surface area contributed by atoms with Gasteiger partial charge in [0, 0.05) is 31.3 Å². The topological polar surface area (TPSA) is 115 Å². The van der Waals surface area contributed by atoms with E-state index >= 15 is 0 Å². The number of amides is 1. The predicted molar refractivity (Wildman–Crippen MR) is 130 cm³/mol. The van der Waals surface area contributed by atoms with Crippen molar-refractivity contribution < 1.29 is 22.4 Å². The zero-order valence-corrected chi connectivity index (χ0v) is 20.4. The summed E-state index contributed by atoms with van der Waals surface area (Å²) in [6.45, 7) is 0.964. The molecular formula is C25H28N4O5S. The number of fused-ring (bicyclic) bond motifs is 1. The van der Waals surface area contributed by atoms with Gasteiger partial charge in [-0.05, 0) is 86.1 Å². The van der Waals surface area contributed by atoms with Crippen LogP contribution in [0.5, 0.6) is 0 Å². The quantitative estimate of drug-likeness (QED) is 0.531. The van der Waals surface area contributed by atoms with Gasteiger partial charge in [-0.25, -0.2) is 8.42 Å². The number of benzene rings is 2. The van der Waals surface area contributed by atoms with E-state index in [2.05, 4.69) is 27.6 Å². The molecule has 1 saturated heterocycles. The molecule has 1 amide bonds. The lowest BCUT2D eigenvalue weighted by Gasteiger charge is -2.20. The van der Waals surface area contributed by atoms with E-state index < -0.39 is 15.9 Å². The summed E-state index contributed by atoms with van der Waals surface area (Å²) in [6.07, 6.45) is 6.22. The summed E-state index contributed by atoms with van der Waals surface area (Å²) < 4.78 is 38.2. The van der Waals surface area contributed by atoms with E-state index in [1.807, 2.05) is 6.07 Å². The van der Waals surface area contributed by atoms with E-state index in [0.29, 0.717) is 19.0 Å². The Morgan fingerprint density at radius 2 is 1.83 bits per heavy atom. The number of carbonyl (C=O) groups excluding carboxylic acids is 1. The second-order valence-electron chi connectivity index (χ2n) is 9.00. The summed E-state index contributed by atoms with van der Waals surface area (Å²) in [7, 11) is -2.15. The maximum atomic E-state index is 12.9. The van der Waals surface area contributed by atoms with Gasteiger partial charge in [0.2, 0.25) is 15.9 Å². The van der Waals surface area contributed by atoms with Crippen LogP contribution in [0, 0.1) is 0 Å². The summed E-state index contributed by atoms with van der Waals surface area (Å²) in [4.78, 5) is 12.8. The SMILES string of the molecule is CN(CC1CCCO1)S(=O)(=O)c1ccc(C(=O)Nc2nnc(-c3ccc4c(c3)CCCC4)o2)cc1. The lowest BCUT2D eigenvalue weighted by molar-refractivity contribution is 0.0979. The first-order valence-corrected chi connectivity index (χ1v) is 13.3. The summed E-state index contributed by atoms with van der Waals surface area (Å²) in [5, 5.41) is 10.6. The van der Waals surface area contributed by atoms with E-state index in [1.165, 1.54) is 59.6 Å². The molecule has 2 aromatic carbocycles. The molecular weight excluding hydrogens is 468 g/mol. The number of nitrogens with zero attached hydrogens (tertiary/aromatic N) is 3. The van der Waals surface area contributed by atoms with Crippen molar-refractivity contribution in [1.82, 2.24) is 14.5 Å². The van der Waals surface area contributed by atoms with Gasteiger partial charge in [-0.15, -0.1) is 5.10 Å². The fourth-order valence-electron chi connectivity index (χ4n) is 4.56. The fraction of sp³-hybridized carbons (Fsp3) is 0.400. The molecule has 1 aliphatic carbocycles. The summed E-state index contributed by atoms with van der Waals surface area (Å²) >= 11 is 0. The number of carbonyl (C=O) groups is 1. The minimum atomic E-state index is -3.68. The highest BCUT2D eigenvalue weighted by atomic mass is 32.2. The van der Waals surface area contributed by atoms with E-state index in [9.17, 15) is 13.2 Å². The van der Waals surface area contributed by atoms with Crippen molar-refractivity contribution in [3.05, 3.63) is 59.2 Å². The maximum Gasteiger partial charge on any atom is 0.322 e. The van der Waals surface area contributed by atoms with Gasteiger partial charge in [-0.1, -0.05) is 11.2 Å². The molecule has 1 N–H and O–H groups in total. The summed E-state index contributed by atoms with van der Waals surface area (Å²) in [5.74, 6) is -0.133. The van der Waals surface area contributed by atoms with E-state index in [4.69, 9.17) is 9.15 Å². The van der Waals surface area contributed by atoms with Crippen molar-refractivity contribution >= 4 is 21.9 Å². The molecule has 1 unspecified atom stereocenters. The van der Waals surface area contributed by atoms with Crippen LogP contribution in [0.25, 0.3) is 11.5 Å². The first kappa shape index (κ1) is 23.7. The molecule has 1 atom stereocenters. The smallest absolute Gasteiger partial charge is 0.322 e. The third-order valence-corrected chi connectivity index (χ3v) is 8.39. The van der Waals surface area contributed by atoms with Crippen molar-refractivity contribution in [2.24, 2.45) is 0 Å². The standard InChI is InChI=1S/C25H28N4O5S/c1-29(16-21-7-4-14-33-21)35(31,32)22-12-10-18(11-13-22)23(30)26-25-28-27-24(34-25)20-9-8-17-5-2-3-6-19(17)15-20/h8-13,15,21H,2-7,14,16H2,1H3,(H,26,28,30). The summed E-state index contributed by atoms with van der Waals surface area (Å²) in [5.41, 5.74) is 3.75. The Hall–Kier alpha value is -3.08. The van der Waals surface area contributed by atoms with Gasteiger partial charge in [0.1, 0.15) is 0 Å². The molecule has 184 valence electrons. The third-order valence-electron chi connectivity index (χ3n) is 6.55. The molecule has 0 radical (unpaired) electrons. The number of ether oxygens (including phenoxy) is 1. The number of rotatable bonds is 7.